The molecule has 8 nitrogen and oxygen atoms in total. The maximum absolute atomic E-state index is 13.3. The number of rotatable bonds is 10. The Labute approximate surface area is 200 Å². The minimum atomic E-state index is -4.04. The molecule has 0 saturated carbocycles. The van der Waals surface area contributed by atoms with Crippen LogP contribution in [0.3, 0.4) is 0 Å². The summed E-state index contributed by atoms with van der Waals surface area (Å²) in [6.45, 7) is 2.79. The molecule has 0 unspecified atom stereocenters. The van der Waals surface area contributed by atoms with Gasteiger partial charge in [-0.05, 0) is 80.1 Å². The maximum atomic E-state index is 13.3. The molecule has 2 N–H and O–H groups in total. The standard InChI is InChI=1S/C25H31NO7S/c1-19(20-6-8-21(31-2)9-7-20)5-3-4-16-33-22-10-12-23(13-11-22)34(29,30)25(24(27)26-28)14-17-32-18-15-25/h5-13,28H,3-4,14-18H2,1-2H3,(H,26,27)/b19-5-. The van der Waals surface area contributed by atoms with Gasteiger partial charge < -0.3 is 14.2 Å². The van der Waals surface area contributed by atoms with Crippen LogP contribution in [0.25, 0.3) is 5.57 Å². The van der Waals surface area contributed by atoms with Crippen molar-refractivity contribution in [3.63, 3.8) is 0 Å². The lowest BCUT2D eigenvalue weighted by Gasteiger charge is -2.34. The zero-order chi connectivity index (χ0) is 24.6. The van der Waals surface area contributed by atoms with Crippen LogP contribution in [0, 0.1) is 0 Å². The Balaban J connectivity index is 1.56. The van der Waals surface area contributed by atoms with Crippen LogP contribution >= 0.6 is 0 Å². The minimum Gasteiger partial charge on any atom is -0.497 e. The van der Waals surface area contributed by atoms with Crippen LogP contribution in [0.5, 0.6) is 11.5 Å². The Morgan fingerprint density at radius 1 is 1.09 bits per heavy atom. The van der Waals surface area contributed by atoms with Gasteiger partial charge in [0.2, 0.25) is 0 Å². The third-order valence-electron chi connectivity index (χ3n) is 6.08. The van der Waals surface area contributed by atoms with E-state index in [4.69, 9.17) is 19.4 Å². The van der Waals surface area contributed by atoms with Crippen LogP contribution < -0.4 is 15.0 Å². The molecule has 0 aliphatic carbocycles. The number of ether oxygens (including phenoxy) is 3. The number of nitrogens with one attached hydrogen (secondary N) is 1. The number of unbranched alkanes of at least 4 members (excludes halogenated alkanes) is 1. The predicted molar refractivity (Wildman–Crippen MR) is 128 cm³/mol. The summed E-state index contributed by atoms with van der Waals surface area (Å²) in [4.78, 5) is 12.3. The van der Waals surface area contributed by atoms with E-state index in [-0.39, 0.29) is 31.0 Å². The van der Waals surface area contributed by atoms with Gasteiger partial charge in [-0.15, -0.1) is 0 Å². The molecule has 0 radical (unpaired) electrons. The topological polar surface area (TPSA) is 111 Å². The van der Waals surface area contributed by atoms with Gasteiger partial charge in [-0.3, -0.25) is 10.0 Å². The Morgan fingerprint density at radius 3 is 2.29 bits per heavy atom. The van der Waals surface area contributed by atoms with Gasteiger partial charge in [-0.1, -0.05) is 18.2 Å². The van der Waals surface area contributed by atoms with Crippen LogP contribution in [-0.4, -0.2) is 51.2 Å². The smallest absolute Gasteiger partial charge is 0.265 e. The van der Waals surface area contributed by atoms with E-state index in [1.54, 1.807) is 19.2 Å². The molecule has 1 fully saturated rings. The van der Waals surface area contributed by atoms with E-state index in [2.05, 4.69) is 13.0 Å². The van der Waals surface area contributed by atoms with Crippen LogP contribution in [0.2, 0.25) is 0 Å². The molecule has 1 amide bonds. The fourth-order valence-electron chi connectivity index (χ4n) is 3.93. The molecule has 3 rings (SSSR count). The molecular formula is C25H31NO7S. The monoisotopic (exact) mass is 489 g/mol. The normalized spacial score (nSPS) is 16.0. The van der Waals surface area contributed by atoms with E-state index in [0.29, 0.717) is 12.4 Å². The van der Waals surface area contributed by atoms with Crippen molar-refractivity contribution in [1.29, 1.82) is 0 Å². The number of carbonyl (C=O) groups is 1. The van der Waals surface area contributed by atoms with Crippen molar-refractivity contribution in [2.45, 2.75) is 42.2 Å². The number of methoxy groups -OCH3 is 1. The summed E-state index contributed by atoms with van der Waals surface area (Å²) in [5.74, 6) is 0.430. The molecule has 34 heavy (non-hydrogen) atoms. The SMILES string of the molecule is COc1ccc(/C(C)=C\CCCOc2ccc(S(=O)(=O)C3(C(=O)NO)CCOCC3)cc2)cc1. The van der Waals surface area contributed by atoms with Gasteiger partial charge in [-0.25, -0.2) is 13.9 Å². The molecule has 184 valence electrons. The molecule has 1 heterocycles. The second kappa shape index (κ2) is 11.5. The Kier molecular flexibility index (Phi) is 8.71. The van der Waals surface area contributed by atoms with Crippen LogP contribution in [0.15, 0.2) is 59.5 Å². The van der Waals surface area contributed by atoms with Crippen LogP contribution in [0.4, 0.5) is 0 Å². The van der Waals surface area contributed by atoms with Crippen molar-refractivity contribution >= 4 is 21.3 Å². The lowest BCUT2D eigenvalue weighted by atomic mass is 9.98. The Morgan fingerprint density at radius 2 is 1.71 bits per heavy atom. The summed E-state index contributed by atoms with van der Waals surface area (Å²) in [6.07, 6.45) is 3.74. The van der Waals surface area contributed by atoms with E-state index < -0.39 is 20.5 Å². The fourth-order valence-corrected chi connectivity index (χ4v) is 5.86. The first-order valence-electron chi connectivity index (χ1n) is 11.1. The Hall–Kier alpha value is -2.88. The molecule has 1 aliphatic rings. The number of benzene rings is 2. The lowest BCUT2D eigenvalue weighted by Crippen LogP contribution is -2.54. The largest absolute Gasteiger partial charge is 0.497 e. The van der Waals surface area contributed by atoms with Crippen LogP contribution in [0.1, 0.15) is 38.2 Å². The number of allylic oxidation sites excluding steroid dienone is 2. The average molecular weight is 490 g/mol. The van der Waals surface area contributed by atoms with E-state index in [9.17, 15) is 13.2 Å². The van der Waals surface area contributed by atoms with Gasteiger partial charge in [0.05, 0.1) is 18.6 Å². The molecule has 1 aliphatic heterocycles. The second-order valence-electron chi connectivity index (χ2n) is 8.13. The lowest BCUT2D eigenvalue weighted by molar-refractivity contribution is -0.134. The van der Waals surface area contributed by atoms with E-state index in [0.717, 1.165) is 24.2 Å². The molecule has 0 aromatic heterocycles. The van der Waals surface area contributed by atoms with Gasteiger partial charge in [0, 0.05) is 13.2 Å². The number of sulfone groups is 1. The van der Waals surface area contributed by atoms with Crippen molar-refractivity contribution in [2.75, 3.05) is 26.9 Å². The second-order valence-corrected chi connectivity index (χ2v) is 10.4. The molecule has 0 bridgehead atoms. The molecular weight excluding hydrogens is 458 g/mol. The fraction of sp³-hybridized carbons (Fsp3) is 0.400. The molecule has 9 heteroatoms. The third-order valence-corrected chi connectivity index (χ3v) is 8.59. The third kappa shape index (κ3) is 5.60. The molecule has 0 spiro atoms. The number of hydrogen-bond acceptors (Lipinski definition) is 7. The van der Waals surface area contributed by atoms with Crippen molar-refractivity contribution in [3.8, 4) is 11.5 Å². The van der Waals surface area contributed by atoms with E-state index >= 15 is 0 Å². The highest BCUT2D eigenvalue weighted by Gasteiger charge is 2.52. The highest BCUT2D eigenvalue weighted by molar-refractivity contribution is 7.93. The number of hydroxylamine groups is 1. The van der Waals surface area contributed by atoms with Crippen molar-refractivity contribution in [2.24, 2.45) is 0 Å². The van der Waals surface area contributed by atoms with Gasteiger partial charge in [0.15, 0.2) is 14.6 Å². The number of amides is 1. The van der Waals surface area contributed by atoms with Crippen LogP contribution in [-0.2, 0) is 19.4 Å². The van der Waals surface area contributed by atoms with Gasteiger partial charge in [0.1, 0.15) is 11.5 Å². The number of hydrogen-bond donors (Lipinski definition) is 2. The van der Waals surface area contributed by atoms with Crippen molar-refractivity contribution in [1.82, 2.24) is 5.48 Å². The highest BCUT2D eigenvalue weighted by Crippen LogP contribution is 2.35. The Bertz CT molecular complexity index is 1090. The summed E-state index contributed by atoms with van der Waals surface area (Å²) in [6, 6.07) is 13.9. The van der Waals surface area contributed by atoms with Gasteiger partial charge in [-0.2, -0.15) is 0 Å². The first kappa shape index (κ1) is 25.7. The summed E-state index contributed by atoms with van der Waals surface area (Å²) in [5.41, 5.74) is 3.82. The molecule has 1 saturated heterocycles. The molecule has 0 atom stereocenters. The first-order chi connectivity index (χ1) is 16.3. The quantitative estimate of drug-likeness (QED) is 0.297. The number of carbonyl (C=O) groups excluding carboxylic acids is 1. The maximum Gasteiger partial charge on any atom is 0.265 e. The molecule has 2 aromatic carbocycles. The van der Waals surface area contributed by atoms with E-state index in [1.165, 1.54) is 23.2 Å². The summed E-state index contributed by atoms with van der Waals surface area (Å²) >= 11 is 0. The summed E-state index contributed by atoms with van der Waals surface area (Å²) in [5, 5.41) is 9.13. The predicted octanol–water partition coefficient (Wildman–Crippen LogP) is 3.79. The van der Waals surface area contributed by atoms with Crippen molar-refractivity contribution < 1.29 is 32.6 Å². The minimum absolute atomic E-state index is 0.00315. The summed E-state index contributed by atoms with van der Waals surface area (Å²) < 4.78 is 40.9. The molecule has 2 aromatic rings. The van der Waals surface area contributed by atoms with E-state index in [1.807, 2.05) is 24.3 Å². The zero-order valence-corrected chi connectivity index (χ0v) is 20.3. The average Bonchev–Trinajstić information content (AvgIpc) is 2.88. The summed E-state index contributed by atoms with van der Waals surface area (Å²) in [7, 11) is -2.40. The highest BCUT2D eigenvalue weighted by atomic mass is 32.2. The first-order valence-corrected chi connectivity index (χ1v) is 12.6. The van der Waals surface area contributed by atoms with Gasteiger partial charge >= 0.3 is 0 Å². The van der Waals surface area contributed by atoms with Gasteiger partial charge in [0.25, 0.3) is 5.91 Å². The van der Waals surface area contributed by atoms with Crippen molar-refractivity contribution in [3.05, 3.63) is 60.2 Å². The zero-order valence-electron chi connectivity index (χ0n) is 19.5.